The number of amidine groups is 1. The van der Waals surface area contributed by atoms with E-state index < -0.39 is 0 Å². The molecule has 0 spiro atoms. The number of nitrogens with zero attached hydrogens (tertiary/aromatic N) is 1. The van der Waals surface area contributed by atoms with E-state index in [0.29, 0.717) is 14.1 Å². The number of thioether (sulfide) groups is 1. The first-order chi connectivity index (χ1) is 5.58. The third kappa shape index (κ3) is 4.49. The molecule has 1 aromatic rings. The van der Waals surface area contributed by atoms with Crippen molar-refractivity contribution >= 4 is 49.8 Å². The van der Waals surface area contributed by atoms with Gasteiger partial charge >= 0.3 is 0 Å². The quantitative estimate of drug-likeness (QED) is 0.270. The molecule has 1 aromatic heterocycles. The Morgan fingerprint density at radius 2 is 2.23 bits per heavy atom. The lowest BCUT2D eigenvalue weighted by Gasteiger charge is -2.00. The van der Waals surface area contributed by atoms with Crippen LogP contribution in [0.4, 0.5) is 0 Å². The van der Waals surface area contributed by atoms with E-state index in [0.717, 1.165) is 11.8 Å². The van der Waals surface area contributed by atoms with Gasteiger partial charge in [0.15, 0.2) is 17.6 Å². The Hall–Kier alpha value is -0.270. The lowest BCUT2D eigenvalue weighted by molar-refractivity contribution is -0.608. The molecule has 0 atom stereocenters. The fraction of sp³-hybridized carbons (Fsp3) is 0. The minimum Gasteiger partial charge on any atom is -0.619 e. The summed E-state index contributed by atoms with van der Waals surface area (Å²) in [7, 11) is 0. The Morgan fingerprint density at radius 1 is 1.62 bits per heavy atom. The molecule has 0 fully saturated rings. The van der Waals surface area contributed by atoms with Gasteiger partial charge in [0.05, 0.1) is 9.37 Å². The van der Waals surface area contributed by atoms with Gasteiger partial charge in [-0.2, -0.15) is 4.73 Å². The number of hydrogen-bond donors (Lipinski definition) is 2. The number of halogens is 2. The van der Waals surface area contributed by atoms with Crippen LogP contribution in [0.15, 0.2) is 27.8 Å². The minimum atomic E-state index is -0.0342. The van der Waals surface area contributed by atoms with Gasteiger partial charge in [-0.05, 0) is 33.8 Å². The molecular formula is C6H7Br2N3OS. The zero-order valence-electron chi connectivity index (χ0n) is 6.36. The van der Waals surface area contributed by atoms with Gasteiger partial charge in [-0.25, -0.2) is 0 Å². The highest BCUT2D eigenvalue weighted by Gasteiger charge is 2.02. The van der Waals surface area contributed by atoms with Gasteiger partial charge < -0.3 is 10.9 Å². The first-order valence-corrected chi connectivity index (χ1v) is 4.60. The third-order valence-electron chi connectivity index (χ3n) is 1.01. The average Bonchev–Trinajstić information content (AvgIpc) is 1.81. The predicted molar refractivity (Wildman–Crippen MR) is 61.2 cm³/mol. The van der Waals surface area contributed by atoms with Crippen molar-refractivity contribution < 1.29 is 4.73 Å². The Kier molecular flexibility index (Phi) is 5.34. The molecule has 0 amide bonds. The van der Waals surface area contributed by atoms with E-state index in [1.807, 2.05) is 0 Å². The Morgan fingerprint density at radius 3 is 2.69 bits per heavy atom. The molecule has 1 rings (SSSR count). The number of nitrogens with one attached hydrogen (secondary N) is 1. The minimum absolute atomic E-state index is 0. The maximum absolute atomic E-state index is 10.9. The lowest BCUT2D eigenvalue weighted by Crippen LogP contribution is -2.24. The molecule has 0 aromatic carbocycles. The van der Waals surface area contributed by atoms with E-state index in [-0.39, 0.29) is 22.1 Å². The van der Waals surface area contributed by atoms with E-state index in [2.05, 4.69) is 15.9 Å². The predicted octanol–water partition coefficient (Wildman–Crippen LogP) is 1.65. The average molecular weight is 329 g/mol. The number of hydrogen-bond acceptors (Lipinski definition) is 3. The van der Waals surface area contributed by atoms with Crippen molar-refractivity contribution in [3.8, 4) is 0 Å². The summed E-state index contributed by atoms with van der Waals surface area (Å²) in [5.74, 6) is 0. The molecule has 0 aliphatic carbocycles. The van der Waals surface area contributed by atoms with Crippen LogP contribution in [0.1, 0.15) is 0 Å². The van der Waals surface area contributed by atoms with E-state index >= 15 is 0 Å². The molecule has 0 aliphatic rings. The largest absolute Gasteiger partial charge is 0.619 e. The zero-order valence-corrected chi connectivity index (χ0v) is 10.5. The topological polar surface area (TPSA) is 76.8 Å². The van der Waals surface area contributed by atoms with E-state index in [1.165, 1.54) is 12.4 Å². The van der Waals surface area contributed by atoms with Crippen LogP contribution in [-0.4, -0.2) is 5.17 Å². The van der Waals surface area contributed by atoms with Gasteiger partial charge in [0.2, 0.25) is 0 Å². The summed E-state index contributed by atoms with van der Waals surface area (Å²) in [5, 5.41) is 17.8. The van der Waals surface area contributed by atoms with Crippen molar-refractivity contribution in [2.75, 3.05) is 0 Å². The van der Waals surface area contributed by atoms with Crippen molar-refractivity contribution in [1.82, 2.24) is 0 Å². The normalized spacial score (nSPS) is 9.00. The molecule has 0 saturated heterocycles. The number of nitrogens with two attached hydrogens (primary N) is 1. The fourth-order valence-corrected chi connectivity index (χ4v) is 1.87. The number of aromatic nitrogens is 1. The van der Waals surface area contributed by atoms with Gasteiger partial charge in [0, 0.05) is 0 Å². The summed E-state index contributed by atoms with van der Waals surface area (Å²) in [6, 6.07) is 1.72. The molecule has 1 heterocycles. The van der Waals surface area contributed by atoms with E-state index in [4.69, 9.17) is 11.1 Å². The van der Waals surface area contributed by atoms with Crippen LogP contribution < -0.4 is 10.5 Å². The summed E-state index contributed by atoms with van der Waals surface area (Å²) in [4.78, 5) is 0.645. The van der Waals surface area contributed by atoms with Crippen LogP contribution in [0.5, 0.6) is 0 Å². The fourth-order valence-electron chi connectivity index (χ4n) is 0.677. The molecule has 7 heteroatoms. The third-order valence-corrected chi connectivity index (χ3v) is 2.13. The maximum Gasteiger partial charge on any atom is 0.194 e. The highest BCUT2D eigenvalue weighted by atomic mass is 79.9. The second-order valence-electron chi connectivity index (χ2n) is 2.02. The smallest absolute Gasteiger partial charge is 0.194 e. The number of rotatable bonds is 1. The van der Waals surface area contributed by atoms with Crippen LogP contribution in [0, 0.1) is 10.6 Å². The van der Waals surface area contributed by atoms with Crippen LogP contribution in [0.2, 0.25) is 0 Å². The monoisotopic (exact) mass is 327 g/mol. The van der Waals surface area contributed by atoms with Crippen LogP contribution in [-0.2, 0) is 0 Å². The Balaban J connectivity index is 0.00000144. The summed E-state index contributed by atoms with van der Waals surface area (Å²) in [6.45, 7) is 0. The van der Waals surface area contributed by atoms with Crippen LogP contribution >= 0.6 is 44.7 Å². The van der Waals surface area contributed by atoms with E-state index in [9.17, 15) is 5.21 Å². The van der Waals surface area contributed by atoms with E-state index in [1.54, 1.807) is 6.07 Å². The molecule has 3 N–H and O–H groups in total. The molecule has 0 aliphatic heterocycles. The molecule has 13 heavy (non-hydrogen) atoms. The number of pyridine rings is 1. The molecular weight excluding hydrogens is 322 g/mol. The summed E-state index contributed by atoms with van der Waals surface area (Å²) in [6.07, 6.45) is 2.74. The van der Waals surface area contributed by atoms with Gasteiger partial charge in [-0.3, -0.25) is 5.41 Å². The van der Waals surface area contributed by atoms with Gasteiger partial charge in [-0.15, -0.1) is 17.0 Å². The molecule has 0 unspecified atom stereocenters. The molecule has 4 nitrogen and oxygen atoms in total. The maximum atomic E-state index is 10.9. The second kappa shape index (κ2) is 5.46. The Labute approximate surface area is 98.5 Å². The molecule has 0 radical (unpaired) electrons. The standard InChI is InChI=1S/C6H6BrN3OS.BrH/c7-4-1-5(12-6(8)9)3-10(11)2-4;/h1-3H,(H3,8,9);1H. The highest BCUT2D eigenvalue weighted by molar-refractivity contribution is 9.10. The lowest BCUT2D eigenvalue weighted by atomic mass is 10.5. The van der Waals surface area contributed by atoms with Gasteiger partial charge in [0.1, 0.15) is 0 Å². The zero-order chi connectivity index (χ0) is 9.14. The van der Waals surface area contributed by atoms with Crippen molar-refractivity contribution in [2.24, 2.45) is 5.73 Å². The Bertz CT molecular complexity index is 300. The van der Waals surface area contributed by atoms with Gasteiger partial charge in [0.25, 0.3) is 0 Å². The molecule has 72 valence electrons. The van der Waals surface area contributed by atoms with Crippen LogP contribution in [0.3, 0.4) is 0 Å². The van der Waals surface area contributed by atoms with Crippen LogP contribution in [0.25, 0.3) is 0 Å². The first-order valence-electron chi connectivity index (χ1n) is 2.99. The molecule has 0 bridgehead atoms. The van der Waals surface area contributed by atoms with Gasteiger partial charge in [-0.1, -0.05) is 0 Å². The molecule has 0 saturated carbocycles. The van der Waals surface area contributed by atoms with Crippen molar-refractivity contribution in [2.45, 2.75) is 4.90 Å². The summed E-state index contributed by atoms with van der Waals surface area (Å²) >= 11 is 4.19. The van der Waals surface area contributed by atoms with Crippen molar-refractivity contribution in [3.63, 3.8) is 0 Å². The second-order valence-corrected chi connectivity index (χ2v) is 4.05. The van der Waals surface area contributed by atoms with Crippen molar-refractivity contribution in [1.29, 1.82) is 5.41 Å². The SMILES string of the molecule is Br.N=C(N)Sc1cc(Br)c[n+]([O-])c1. The first kappa shape index (κ1) is 12.7. The summed E-state index contributed by atoms with van der Waals surface area (Å²) in [5.41, 5.74) is 5.14. The van der Waals surface area contributed by atoms with Crippen molar-refractivity contribution in [3.05, 3.63) is 28.1 Å². The summed E-state index contributed by atoms with van der Waals surface area (Å²) < 4.78 is 1.33. The highest BCUT2D eigenvalue weighted by Crippen LogP contribution is 2.18.